The molecule has 4 nitrogen and oxygen atoms in total. The molecule has 2 aromatic rings. The Kier molecular flexibility index (Phi) is 4.89. The van der Waals surface area contributed by atoms with Crippen molar-refractivity contribution in [3.05, 3.63) is 34.7 Å². The SMILES string of the molecule is CCOC(=O)c1sc(SC)c(C#N)c1-c1ccc(O)cc1. The quantitative estimate of drug-likeness (QED) is 0.684. The van der Waals surface area contributed by atoms with Crippen LogP contribution in [0.25, 0.3) is 11.1 Å². The van der Waals surface area contributed by atoms with E-state index in [0.717, 1.165) is 4.21 Å². The fraction of sp³-hybridized carbons (Fsp3) is 0.200. The van der Waals surface area contributed by atoms with Crippen molar-refractivity contribution in [3.8, 4) is 22.9 Å². The minimum absolute atomic E-state index is 0.135. The number of carbonyl (C=O) groups is 1. The van der Waals surface area contributed by atoms with Crippen LogP contribution in [-0.2, 0) is 4.74 Å². The van der Waals surface area contributed by atoms with E-state index < -0.39 is 5.97 Å². The van der Waals surface area contributed by atoms with Crippen molar-refractivity contribution in [1.82, 2.24) is 0 Å². The van der Waals surface area contributed by atoms with Crippen LogP contribution >= 0.6 is 23.1 Å². The summed E-state index contributed by atoms with van der Waals surface area (Å²) in [4.78, 5) is 12.5. The van der Waals surface area contributed by atoms with Crippen LogP contribution in [0.1, 0.15) is 22.2 Å². The zero-order valence-corrected chi connectivity index (χ0v) is 13.2. The second-order valence-electron chi connectivity index (χ2n) is 4.05. The van der Waals surface area contributed by atoms with Gasteiger partial charge in [-0.1, -0.05) is 12.1 Å². The molecule has 2 rings (SSSR count). The Morgan fingerprint density at radius 1 is 1.43 bits per heavy atom. The van der Waals surface area contributed by atoms with Crippen molar-refractivity contribution < 1.29 is 14.6 Å². The number of hydrogen-bond donors (Lipinski definition) is 1. The lowest BCUT2D eigenvalue weighted by Crippen LogP contribution is -2.04. The highest BCUT2D eigenvalue weighted by Crippen LogP contribution is 2.41. The summed E-state index contributed by atoms with van der Waals surface area (Å²) in [6.45, 7) is 2.02. The standard InChI is InChI=1S/C15H13NO3S2/c1-3-19-14(18)13-12(9-4-6-10(17)7-5-9)11(8-16)15(20-2)21-13/h4-7,17H,3H2,1-2H3. The molecule has 0 unspecified atom stereocenters. The predicted molar refractivity (Wildman–Crippen MR) is 83.9 cm³/mol. The summed E-state index contributed by atoms with van der Waals surface area (Å²) in [6.07, 6.45) is 1.86. The first kappa shape index (κ1) is 15.4. The summed E-state index contributed by atoms with van der Waals surface area (Å²) in [5.74, 6) is -0.294. The first-order valence-corrected chi connectivity index (χ1v) is 8.23. The summed E-state index contributed by atoms with van der Waals surface area (Å²) in [5, 5.41) is 18.8. The average molecular weight is 319 g/mol. The van der Waals surface area contributed by atoms with Gasteiger partial charge in [-0.3, -0.25) is 0 Å². The number of thioether (sulfide) groups is 1. The molecule has 0 spiro atoms. The minimum atomic E-state index is -0.428. The van der Waals surface area contributed by atoms with Crippen LogP contribution in [0, 0.1) is 11.3 Å². The van der Waals surface area contributed by atoms with Crippen molar-refractivity contribution in [2.45, 2.75) is 11.1 Å². The summed E-state index contributed by atoms with van der Waals surface area (Å²) < 4.78 is 5.86. The second-order valence-corrected chi connectivity index (χ2v) is 6.15. The van der Waals surface area contributed by atoms with Gasteiger partial charge in [0.15, 0.2) is 0 Å². The lowest BCUT2D eigenvalue weighted by molar-refractivity contribution is 0.0533. The third-order valence-corrected chi connectivity index (χ3v) is 5.08. The van der Waals surface area contributed by atoms with Crippen molar-refractivity contribution in [1.29, 1.82) is 5.26 Å². The number of esters is 1. The Labute approximate surface area is 131 Å². The molecule has 0 radical (unpaired) electrons. The number of rotatable bonds is 4. The number of phenolic OH excluding ortho intramolecular Hbond substituents is 1. The van der Waals surface area contributed by atoms with Crippen molar-refractivity contribution in [2.24, 2.45) is 0 Å². The lowest BCUT2D eigenvalue weighted by Gasteiger charge is -2.05. The number of aromatic hydroxyl groups is 1. The molecule has 0 aliphatic heterocycles. The van der Waals surface area contributed by atoms with E-state index in [1.165, 1.54) is 35.2 Å². The largest absolute Gasteiger partial charge is 0.508 e. The van der Waals surface area contributed by atoms with Crippen molar-refractivity contribution in [2.75, 3.05) is 12.9 Å². The number of nitrogens with zero attached hydrogens (tertiary/aromatic N) is 1. The highest BCUT2D eigenvalue weighted by atomic mass is 32.2. The Bertz CT molecular complexity index is 699. The molecule has 0 aliphatic carbocycles. The second kappa shape index (κ2) is 6.66. The molecule has 1 aromatic carbocycles. The van der Waals surface area contributed by atoms with E-state index in [-0.39, 0.29) is 12.4 Å². The predicted octanol–water partition coefficient (Wildman–Crippen LogP) is 3.89. The molecule has 0 aliphatic rings. The van der Waals surface area contributed by atoms with Gasteiger partial charge in [0.25, 0.3) is 0 Å². The number of hydrogen-bond acceptors (Lipinski definition) is 6. The molecule has 1 heterocycles. The normalized spacial score (nSPS) is 10.1. The molecule has 0 saturated carbocycles. The van der Waals surface area contributed by atoms with E-state index in [1.807, 2.05) is 6.26 Å². The zero-order valence-electron chi connectivity index (χ0n) is 11.5. The maximum absolute atomic E-state index is 12.1. The fourth-order valence-corrected chi connectivity index (χ4v) is 3.73. The molecule has 1 aromatic heterocycles. The maximum atomic E-state index is 12.1. The minimum Gasteiger partial charge on any atom is -0.508 e. The van der Waals surface area contributed by atoms with E-state index in [2.05, 4.69) is 6.07 Å². The monoisotopic (exact) mass is 319 g/mol. The van der Waals surface area contributed by atoms with Crippen LogP contribution in [0.4, 0.5) is 0 Å². The summed E-state index contributed by atoms with van der Waals surface area (Å²) in [5.41, 5.74) is 1.76. The zero-order chi connectivity index (χ0) is 15.4. The van der Waals surface area contributed by atoms with Crippen LogP contribution in [-0.4, -0.2) is 23.9 Å². The smallest absolute Gasteiger partial charge is 0.349 e. The van der Waals surface area contributed by atoms with Crippen LogP contribution < -0.4 is 0 Å². The molecule has 0 atom stereocenters. The fourth-order valence-electron chi connectivity index (χ4n) is 1.90. The van der Waals surface area contributed by atoms with Gasteiger partial charge in [0.1, 0.15) is 16.7 Å². The molecule has 0 amide bonds. The van der Waals surface area contributed by atoms with Gasteiger partial charge >= 0.3 is 5.97 Å². The third-order valence-electron chi connectivity index (χ3n) is 2.79. The van der Waals surface area contributed by atoms with Crippen LogP contribution in [0.2, 0.25) is 0 Å². The molecular weight excluding hydrogens is 306 g/mol. The molecule has 108 valence electrons. The molecule has 0 bridgehead atoms. The van der Waals surface area contributed by atoms with Crippen LogP contribution in [0.3, 0.4) is 0 Å². The number of carbonyl (C=O) groups excluding carboxylic acids is 1. The molecule has 21 heavy (non-hydrogen) atoms. The van der Waals surface area contributed by atoms with Crippen LogP contribution in [0.15, 0.2) is 28.5 Å². The van der Waals surface area contributed by atoms with Gasteiger partial charge in [-0.2, -0.15) is 5.26 Å². The van der Waals surface area contributed by atoms with Crippen LogP contribution in [0.5, 0.6) is 5.75 Å². The van der Waals surface area contributed by atoms with Gasteiger partial charge in [0.05, 0.1) is 16.4 Å². The topological polar surface area (TPSA) is 70.3 Å². The van der Waals surface area contributed by atoms with E-state index in [4.69, 9.17) is 4.74 Å². The van der Waals surface area contributed by atoms with E-state index in [1.54, 1.807) is 19.1 Å². The van der Waals surface area contributed by atoms with E-state index in [9.17, 15) is 15.2 Å². The van der Waals surface area contributed by atoms with Crippen molar-refractivity contribution >= 4 is 29.1 Å². The summed E-state index contributed by atoms with van der Waals surface area (Å²) in [6, 6.07) is 8.60. The van der Waals surface area contributed by atoms with Crippen molar-refractivity contribution in [3.63, 3.8) is 0 Å². The Morgan fingerprint density at radius 3 is 2.62 bits per heavy atom. The van der Waals surface area contributed by atoms with E-state index in [0.29, 0.717) is 21.6 Å². The number of ether oxygens (including phenoxy) is 1. The molecule has 6 heteroatoms. The number of benzene rings is 1. The third kappa shape index (κ3) is 3.04. The summed E-state index contributed by atoms with van der Waals surface area (Å²) in [7, 11) is 0. The number of thiophene rings is 1. The first-order chi connectivity index (χ1) is 10.1. The lowest BCUT2D eigenvalue weighted by atomic mass is 10.0. The summed E-state index contributed by atoms with van der Waals surface area (Å²) >= 11 is 2.69. The number of phenols is 1. The average Bonchev–Trinajstić information content (AvgIpc) is 2.87. The van der Waals surface area contributed by atoms with Gasteiger partial charge in [0.2, 0.25) is 0 Å². The first-order valence-electron chi connectivity index (χ1n) is 6.19. The molecule has 0 fully saturated rings. The Balaban J connectivity index is 2.66. The van der Waals surface area contributed by atoms with E-state index >= 15 is 0 Å². The highest BCUT2D eigenvalue weighted by molar-refractivity contribution is 8.00. The Morgan fingerprint density at radius 2 is 2.10 bits per heavy atom. The Hall–Kier alpha value is -1.97. The number of nitriles is 1. The van der Waals surface area contributed by atoms with Gasteiger partial charge in [-0.05, 0) is 30.9 Å². The van der Waals surface area contributed by atoms with Gasteiger partial charge in [-0.15, -0.1) is 23.1 Å². The molecule has 0 saturated heterocycles. The maximum Gasteiger partial charge on any atom is 0.349 e. The highest BCUT2D eigenvalue weighted by Gasteiger charge is 2.24. The molecule has 1 N–H and O–H groups in total. The van der Waals surface area contributed by atoms with Gasteiger partial charge in [0, 0.05) is 5.56 Å². The molecular formula is C15H13NO3S2. The van der Waals surface area contributed by atoms with Gasteiger partial charge in [-0.25, -0.2) is 4.79 Å². The van der Waals surface area contributed by atoms with Gasteiger partial charge < -0.3 is 9.84 Å².